The molecule has 0 unspecified atom stereocenters. The Kier molecular flexibility index (Phi) is 5.50. The summed E-state index contributed by atoms with van der Waals surface area (Å²) >= 11 is 0. The Balaban J connectivity index is 1.63. The summed E-state index contributed by atoms with van der Waals surface area (Å²) in [5.74, 6) is 0.846. The standard InChI is InChI=1S/C18H26N4O2/c1-19-7-8-22(2)12-14-11-20-21-18(14)13-3-5-16(6-4-13)24-17-9-15(23)10-17/h3-6,11,15,17,19,23H,7-10,12H2,1-2H3,(H,20,21). The molecule has 24 heavy (non-hydrogen) atoms. The van der Waals surface area contributed by atoms with Crippen molar-refractivity contribution in [3.8, 4) is 17.0 Å². The Morgan fingerprint density at radius 3 is 2.75 bits per heavy atom. The lowest BCUT2D eigenvalue weighted by Gasteiger charge is -2.31. The molecule has 0 spiro atoms. The van der Waals surface area contributed by atoms with Gasteiger partial charge in [0.25, 0.3) is 0 Å². The molecule has 6 nitrogen and oxygen atoms in total. The van der Waals surface area contributed by atoms with E-state index in [-0.39, 0.29) is 12.2 Å². The summed E-state index contributed by atoms with van der Waals surface area (Å²) in [6, 6.07) is 8.03. The molecule has 0 bridgehead atoms. The van der Waals surface area contributed by atoms with Crippen LogP contribution in [0.2, 0.25) is 0 Å². The third kappa shape index (κ3) is 4.14. The maximum Gasteiger partial charge on any atom is 0.119 e. The average molecular weight is 330 g/mol. The molecular weight excluding hydrogens is 304 g/mol. The lowest BCUT2D eigenvalue weighted by molar-refractivity contribution is -0.0107. The molecule has 0 aliphatic heterocycles. The second-order valence-corrected chi connectivity index (χ2v) is 6.49. The largest absolute Gasteiger partial charge is 0.490 e. The number of aliphatic hydroxyl groups excluding tert-OH is 1. The average Bonchev–Trinajstić information content (AvgIpc) is 3.00. The minimum atomic E-state index is -0.194. The van der Waals surface area contributed by atoms with Crippen molar-refractivity contribution in [1.29, 1.82) is 0 Å². The molecule has 0 saturated heterocycles. The molecule has 1 fully saturated rings. The molecule has 0 amide bonds. The number of aromatic nitrogens is 2. The van der Waals surface area contributed by atoms with Crippen molar-refractivity contribution >= 4 is 0 Å². The van der Waals surface area contributed by atoms with Crippen LogP contribution in [-0.2, 0) is 6.54 Å². The van der Waals surface area contributed by atoms with Gasteiger partial charge in [-0.1, -0.05) is 0 Å². The van der Waals surface area contributed by atoms with Crippen molar-refractivity contribution in [2.75, 3.05) is 27.2 Å². The molecule has 3 N–H and O–H groups in total. The number of aliphatic hydroxyl groups is 1. The molecule has 3 rings (SSSR count). The van der Waals surface area contributed by atoms with Crippen LogP contribution in [0.1, 0.15) is 18.4 Å². The van der Waals surface area contributed by atoms with Gasteiger partial charge in [-0.15, -0.1) is 0 Å². The zero-order valence-electron chi connectivity index (χ0n) is 14.3. The molecule has 2 aromatic rings. The van der Waals surface area contributed by atoms with Crippen molar-refractivity contribution in [2.45, 2.75) is 31.6 Å². The molecule has 0 radical (unpaired) electrons. The van der Waals surface area contributed by atoms with Crippen LogP contribution in [0.3, 0.4) is 0 Å². The third-order valence-corrected chi connectivity index (χ3v) is 4.40. The molecule has 0 atom stereocenters. The van der Waals surface area contributed by atoms with Crippen LogP contribution in [0, 0.1) is 0 Å². The van der Waals surface area contributed by atoms with E-state index >= 15 is 0 Å². The number of ether oxygens (including phenoxy) is 1. The summed E-state index contributed by atoms with van der Waals surface area (Å²) in [6.07, 6.45) is 3.37. The number of hydrogen-bond acceptors (Lipinski definition) is 5. The van der Waals surface area contributed by atoms with E-state index in [2.05, 4.69) is 27.5 Å². The van der Waals surface area contributed by atoms with Gasteiger partial charge in [0, 0.05) is 49.8 Å². The normalized spacial score (nSPS) is 20.2. The first-order valence-corrected chi connectivity index (χ1v) is 8.46. The first-order valence-electron chi connectivity index (χ1n) is 8.46. The molecular formula is C18H26N4O2. The van der Waals surface area contributed by atoms with Crippen molar-refractivity contribution < 1.29 is 9.84 Å². The summed E-state index contributed by atoms with van der Waals surface area (Å²) in [4.78, 5) is 2.27. The van der Waals surface area contributed by atoms with Gasteiger partial charge in [0.2, 0.25) is 0 Å². The SMILES string of the molecule is CNCCN(C)Cc1c[nH]nc1-c1ccc(OC2CC(O)C2)cc1. The van der Waals surface area contributed by atoms with Gasteiger partial charge >= 0.3 is 0 Å². The van der Waals surface area contributed by atoms with Gasteiger partial charge in [-0.2, -0.15) is 5.10 Å². The Hall–Kier alpha value is -1.89. The van der Waals surface area contributed by atoms with Gasteiger partial charge in [-0.25, -0.2) is 0 Å². The second kappa shape index (κ2) is 7.79. The van der Waals surface area contributed by atoms with Crippen LogP contribution < -0.4 is 10.1 Å². The lowest BCUT2D eigenvalue weighted by atomic mass is 9.92. The van der Waals surface area contributed by atoms with Gasteiger partial charge in [0.05, 0.1) is 11.8 Å². The summed E-state index contributed by atoms with van der Waals surface area (Å²) in [7, 11) is 4.07. The number of H-pyrrole nitrogens is 1. The second-order valence-electron chi connectivity index (χ2n) is 6.49. The highest BCUT2D eigenvalue weighted by atomic mass is 16.5. The van der Waals surface area contributed by atoms with Crippen LogP contribution in [0.15, 0.2) is 30.5 Å². The summed E-state index contributed by atoms with van der Waals surface area (Å²) in [6.45, 7) is 2.80. The number of hydrogen-bond donors (Lipinski definition) is 3. The van der Waals surface area contributed by atoms with Crippen LogP contribution >= 0.6 is 0 Å². The zero-order chi connectivity index (χ0) is 16.9. The number of rotatable bonds is 8. The van der Waals surface area contributed by atoms with Crippen LogP contribution in [0.25, 0.3) is 11.3 Å². The van der Waals surface area contributed by atoms with E-state index in [0.717, 1.165) is 49.5 Å². The molecule has 1 aliphatic rings. The van der Waals surface area contributed by atoms with E-state index in [4.69, 9.17) is 4.74 Å². The highest BCUT2D eigenvalue weighted by Crippen LogP contribution is 2.28. The van der Waals surface area contributed by atoms with E-state index in [1.807, 2.05) is 37.5 Å². The number of nitrogens with one attached hydrogen (secondary N) is 2. The fourth-order valence-electron chi connectivity index (χ4n) is 2.88. The van der Waals surface area contributed by atoms with Crippen molar-refractivity contribution in [3.63, 3.8) is 0 Å². The quantitative estimate of drug-likeness (QED) is 0.686. The number of aromatic amines is 1. The van der Waals surface area contributed by atoms with Crippen molar-refractivity contribution in [3.05, 3.63) is 36.0 Å². The molecule has 130 valence electrons. The summed E-state index contributed by atoms with van der Waals surface area (Å²) < 4.78 is 5.83. The lowest BCUT2D eigenvalue weighted by Crippen LogP contribution is -2.37. The van der Waals surface area contributed by atoms with Crippen molar-refractivity contribution in [2.24, 2.45) is 0 Å². The minimum absolute atomic E-state index is 0.146. The fourth-order valence-corrected chi connectivity index (χ4v) is 2.88. The maximum atomic E-state index is 9.32. The van der Waals surface area contributed by atoms with Gasteiger partial charge in [-0.05, 0) is 38.4 Å². The highest BCUT2D eigenvalue weighted by Gasteiger charge is 2.28. The summed E-state index contributed by atoms with van der Waals surface area (Å²) in [5, 5.41) is 19.9. The van der Waals surface area contributed by atoms with Crippen molar-refractivity contribution in [1.82, 2.24) is 20.4 Å². The fraction of sp³-hybridized carbons (Fsp3) is 0.500. The van der Waals surface area contributed by atoms with Gasteiger partial charge in [-0.3, -0.25) is 5.10 Å². The summed E-state index contributed by atoms with van der Waals surface area (Å²) in [5.41, 5.74) is 3.25. The van der Waals surface area contributed by atoms with Gasteiger partial charge in [0.1, 0.15) is 11.9 Å². The van der Waals surface area contributed by atoms with E-state index in [9.17, 15) is 5.11 Å². The van der Waals surface area contributed by atoms with E-state index < -0.39 is 0 Å². The molecule has 6 heteroatoms. The predicted molar refractivity (Wildman–Crippen MR) is 93.9 cm³/mol. The zero-order valence-corrected chi connectivity index (χ0v) is 14.3. The smallest absolute Gasteiger partial charge is 0.119 e. The van der Waals surface area contributed by atoms with Gasteiger partial charge in [0.15, 0.2) is 0 Å². The molecule has 1 heterocycles. The maximum absolute atomic E-state index is 9.32. The van der Waals surface area contributed by atoms with E-state index in [1.54, 1.807) is 0 Å². The topological polar surface area (TPSA) is 73.4 Å². The highest BCUT2D eigenvalue weighted by molar-refractivity contribution is 5.63. The number of likely N-dealkylation sites (N-methyl/N-ethyl adjacent to an activating group) is 2. The molecule has 1 saturated carbocycles. The third-order valence-electron chi connectivity index (χ3n) is 4.40. The predicted octanol–water partition coefficient (Wildman–Crippen LogP) is 1.63. The first kappa shape index (κ1) is 17.0. The Bertz CT molecular complexity index is 635. The number of benzene rings is 1. The molecule has 1 aromatic heterocycles. The van der Waals surface area contributed by atoms with E-state index in [1.165, 1.54) is 5.56 Å². The first-order chi connectivity index (χ1) is 11.7. The Labute approximate surface area is 142 Å². The Morgan fingerprint density at radius 2 is 2.08 bits per heavy atom. The van der Waals surface area contributed by atoms with Crippen LogP contribution in [0.5, 0.6) is 5.75 Å². The monoisotopic (exact) mass is 330 g/mol. The Morgan fingerprint density at radius 1 is 1.33 bits per heavy atom. The minimum Gasteiger partial charge on any atom is -0.490 e. The van der Waals surface area contributed by atoms with E-state index in [0.29, 0.717) is 0 Å². The van der Waals surface area contributed by atoms with Crippen LogP contribution in [-0.4, -0.2) is 59.6 Å². The molecule has 1 aromatic carbocycles. The molecule has 1 aliphatic carbocycles. The number of nitrogens with zero attached hydrogens (tertiary/aromatic N) is 2. The van der Waals surface area contributed by atoms with Gasteiger partial charge < -0.3 is 20.1 Å². The van der Waals surface area contributed by atoms with Crippen LogP contribution in [0.4, 0.5) is 0 Å².